The van der Waals surface area contributed by atoms with E-state index < -0.39 is 30.3 Å². The molecule has 0 bridgehead atoms. The average molecular weight is 358 g/mol. The summed E-state index contributed by atoms with van der Waals surface area (Å²) in [4.78, 5) is 35.4. The average Bonchev–Trinajstić information content (AvgIpc) is 2.59. The van der Waals surface area contributed by atoms with Gasteiger partial charge in [0.2, 0.25) is 0 Å². The number of benzene rings is 2. The molecule has 0 spiro atoms. The van der Waals surface area contributed by atoms with Gasteiger partial charge in [0.1, 0.15) is 5.82 Å². The van der Waals surface area contributed by atoms with Crippen LogP contribution in [0.5, 0.6) is 0 Å². The number of hydrogen-bond donors (Lipinski definition) is 2. The van der Waals surface area contributed by atoms with Crippen LogP contribution >= 0.6 is 0 Å². The zero-order valence-electron chi connectivity index (χ0n) is 14.7. The van der Waals surface area contributed by atoms with Crippen LogP contribution in [0.25, 0.3) is 0 Å². The molecule has 26 heavy (non-hydrogen) atoms. The van der Waals surface area contributed by atoms with Crippen LogP contribution in [0.15, 0.2) is 36.4 Å². The molecule has 6 nitrogen and oxygen atoms in total. The van der Waals surface area contributed by atoms with Crippen LogP contribution in [0.3, 0.4) is 0 Å². The van der Waals surface area contributed by atoms with E-state index in [-0.39, 0.29) is 5.56 Å². The Kier molecular flexibility index (Phi) is 6.06. The first-order valence-electron chi connectivity index (χ1n) is 7.88. The third kappa shape index (κ3) is 4.89. The van der Waals surface area contributed by atoms with Gasteiger partial charge in [0.15, 0.2) is 6.61 Å². The second kappa shape index (κ2) is 8.24. The molecule has 0 fully saturated rings. The fraction of sp³-hybridized carbons (Fsp3) is 0.211. The summed E-state index contributed by atoms with van der Waals surface area (Å²) >= 11 is 0. The zero-order valence-corrected chi connectivity index (χ0v) is 14.7. The molecule has 0 aliphatic carbocycles. The van der Waals surface area contributed by atoms with E-state index in [9.17, 15) is 18.8 Å². The zero-order chi connectivity index (χ0) is 19.3. The number of aryl methyl sites for hydroxylation is 2. The molecule has 0 aromatic heterocycles. The molecule has 0 unspecified atom stereocenters. The van der Waals surface area contributed by atoms with E-state index in [0.717, 1.165) is 17.2 Å². The van der Waals surface area contributed by atoms with E-state index in [1.807, 2.05) is 19.9 Å². The SMILES string of the molecule is Cc1ccc(C(=O)OCC(=O)NC(=O)Nc2cccc(C)c2C)cc1F. The Morgan fingerprint density at radius 1 is 1.04 bits per heavy atom. The monoisotopic (exact) mass is 358 g/mol. The minimum atomic E-state index is -0.853. The quantitative estimate of drug-likeness (QED) is 0.822. The summed E-state index contributed by atoms with van der Waals surface area (Å²) in [6.07, 6.45) is 0. The van der Waals surface area contributed by atoms with E-state index in [0.29, 0.717) is 11.3 Å². The summed E-state index contributed by atoms with van der Waals surface area (Å²) in [7, 11) is 0. The van der Waals surface area contributed by atoms with E-state index in [2.05, 4.69) is 10.6 Å². The fourth-order valence-electron chi connectivity index (χ4n) is 2.14. The van der Waals surface area contributed by atoms with Crippen LogP contribution in [0.4, 0.5) is 14.9 Å². The molecular weight excluding hydrogens is 339 g/mol. The lowest BCUT2D eigenvalue weighted by Gasteiger charge is -2.11. The molecule has 2 aromatic rings. The summed E-state index contributed by atoms with van der Waals surface area (Å²) < 4.78 is 18.2. The molecule has 3 amide bonds. The Hall–Kier alpha value is -3.22. The highest BCUT2D eigenvalue weighted by atomic mass is 19.1. The van der Waals surface area contributed by atoms with Gasteiger partial charge in [0, 0.05) is 5.69 Å². The highest BCUT2D eigenvalue weighted by molar-refractivity contribution is 6.02. The molecule has 0 saturated heterocycles. The standard InChI is InChI=1S/C19H19FN2O4/c1-11-5-4-6-16(13(11)3)21-19(25)22-17(23)10-26-18(24)14-8-7-12(2)15(20)9-14/h4-9H,10H2,1-3H3,(H2,21,22,23,25). The number of hydrogen-bond acceptors (Lipinski definition) is 4. The topological polar surface area (TPSA) is 84.5 Å². The van der Waals surface area contributed by atoms with Crippen LogP contribution in [-0.4, -0.2) is 24.5 Å². The third-order valence-electron chi connectivity index (χ3n) is 3.85. The molecule has 0 saturated carbocycles. The lowest BCUT2D eigenvalue weighted by atomic mass is 10.1. The van der Waals surface area contributed by atoms with Crippen LogP contribution < -0.4 is 10.6 Å². The first kappa shape index (κ1) is 19.1. The van der Waals surface area contributed by atoms with Crippen molar-refractivity contribution in [1.29, 1.82) is 0 Å². The summed E-state index contributed by atoms with van der Waals surface area (Å²) in [6.45, 7) is 4.65. The molecule has 0 aliphatic heterocycles. The van der Waals surface area contributed by atoms with Gasteiger partial charge in [-0.15, -0.1) is 0 Å². The minimum absolute atomic E-state index is 0.0132. The summed E-state index contributed by atoms with van der Waals surface area (Å²) in [5.74, 6) is -2.19. The van der Waals surface area contributed by atoms with E-state index in [1.54, 1.807) is 19.1 Å². The Balaban J connectivity index is 1.86. The van der Waals surface area contributed by atoms with Crippen LogP contribution in [-0.2, 0) is 9.53 Å². The van der Waals surface area contributed by atoms with Crippen molar-refractivity contribution < 1.29 is 23.5 Å². The fourth-order valence-corrected chi connectivity index (χ4v) is 2.14. The van der Waals surface area contributed by atoms with Crippen molar-refractivity contribution in [2.75, 3.05) is 11.9 Å². The Morgan fingerprint density at radius 2 is 1.77 bits per heavy atom. The number of halogens is 1. The van der Waals surface area contributed by atoms with E-state index in [4.69, 9.17) is 4.74 Å². The van der Waals surface area contributed by atoms with Crippen LogP contribution in [0.1, 0.15) is 27.0 Å². The van der Waals surface area contributed by atoms with Crippen molar-refractivity contribution >= 4 is 23.6 Å². The molecule has 7 heteroatoms. The number of anilines is 1. The molecule has 0 radical (unpaired) electrons. The van der Waals surface area contributed by atoms with Gasteiger partial charge in [-0.25, -0.2) is 14.0 Å². The van der Waals surface area contributed by atoms with Gasteiger partial charge in [-0.1, -0.05) is 18.2 Å². The number of carbonyl (C=O) groups is 3. The van der Waals surface area contributed by atoms with Gasteiger partial charge in [-0.2, -0.15) is 0 Å². The number of carbonyl (C=O) groups excluding carboxylic acids is 3. The van der Waals surface area contributed by atoms with Gasteiger partial charge >= 0.3 is 12.0 Å². The van der Waals surface area contributed by atoms with Crippen molar-refractivity contribution in [2.24, 2.45) is 0 Å². The molecule has 2 aromatic carbocycles. The maximum Gasteiger partial charge on any atom is 0.338 e. The summed E-state index contributed by atoms with van der Waals surface area (Å²) in [5, 5.41) is 4.62. The largest absolute Gasteiger partial charge is 0.452 e. The summed E-state index contributed by atoms with van der Waals surface area (Å²) in [5.41, 5.74) is 2.82. The van der Waals surface area contributed by atoms with E-state index >= 15 is 0 Å². The molecule has 2 N–H and O–H groups in total. The van der Waals surface area contributed by atoms with Gasteiger partial charge in [-0.05, 0) is 55.7 Å². The van der Waals surface area contributed by atoms with Gasteiger partial charge in [0.25, 0.3) is 5.91 Å². The highest BCUT2D eigenvalue weighted by Gasteiger charge is 2.14. The molecule has 0 aliphatic rings. The number of imide groups is 1. The van der Waals surface area contributed by atoms with Gasteiger partial charge in [-0.3, -0.25) is 10.1 Å². The molecule has 136 valence electrons. The lowest BCUT2D eigenvalue weighted by Crippen LogP contribution is -2.37. The number of amides is 3. The second-order valence-electron chi connectivity index (χ2n) is 5.79. The van der Waals surface area contributed by atoms with Crippen molar-refractivity contribution in [3.05, 3.63) is 64.5 Å². The van der Waals surface area contributed by atoms with Crippen molar-refractivity contribution in [3.63, 3.8) is 0 Å². The highest BCUT2D eigenvalue weighted by Crippen LogP contribution is 2.17. The normalized spacial score (nSPS) is 10.2. The Bertz CT molecular complexity index is 865. The number of ether oxygens (including phenoxy) is 1. The predicted molar refractivity (Wildman–Crippen MR) is 94.5 cm³/mol. The van der Waals surface area contributed by atoms with Crippen LogP contribution in [0, 0.1) is 26.6 Å². The smallest absolute Gasteiger partial charge is 0.338 e. The van der Waals surface area contributed by atoms with Gasteiger partial charge < -0.3 is 10.1 Å². The lowest BCUT2D eigenvalue weighted by molar-refractivity contribution is -0.123. The van der Waals surface area contributed by atoms with Crippen molar-refractivity contribution in [2.45, 2.75) is 20.8 Å². The maximum atomic E-state index is 13.4. The second-order valence-corrected chi connectivity index (χ2v) is 5.79. The molecule has 0 heterocycles. The van der Waals surface area contributed by atoms with Gasteiger partial charge in [0.05, 0.1) is 5.56 Å². The van der Waals surface area contributed by atoms with E-state index in [1.165, 1.54) is 12.1 Å². The Morgan fingerprint density at radius 3 is 2.46 bits per heavy atom. The number of esters is 1. The predicted octanol–water partition coefficient (Wildman–Crippen LogP) is 3.26. The summed E-state index contributed by atoms with van der Waals surface area (Å²) in [6, 6.07) is 8.51. The minimum Gasteiger partial charge on any atom is -0.452 e. The molecule has 2 rings (SSSR count). The third-order valence-corrected chi connectivity index (χ3v) is 3.85. The first-order chi connectivity index (χ1) is 12.3. The number of urea groups is 1. The first-order valence-corrected chi connectivity index (χ1v) is 7.88. The molecular formula is C19H19FN2O4. The Labute approximate surface area is 150 Å². The number of rotatable bonds is 4. The maximum absolute atomic E-state index is 13.4. The molecule has 0 atom stereocenters. The van der Waals surface area contributed by atoms with Crippen molar-refractivity contribution in [1.82, 2.24) is 5.32 Å². The van der Waals surface area contributed by atoms with Crippen molar-refractivity contribution in [3.8, 4) is 0 Å². The number of nitrogens with one attached hydrogen (secondary N) is 2. The van der Waals surface area contributed by atoms with Crippen LogP contribution in [0.2, 0.25) is 0 Å².